The van der Waals surface area contributed by atoms with Gasteiger partial charge >= 0.3 is 0 Å². The fourth-order valence-electron chi connectivity index (χ4n) is 1.58. The number of hydrogen-bond acceptors (Lipinski definition) is 2. The summed E-state index contributed by atoms with van der Waals surface area (Å²) in [7, 11) is 3.45. The van der Waals surface area contributed by atoms with Crippen molar-refractivity contribution in [3.8, 4) is 0 Å². The number of carbonyl (C=O) groups is 1. The van der Waals surface area contributed by atoms with Crippen LogP contribution < -0.4 is 5.73 Å². The summed E-state index contributed by atoms with van der Waals surface area (Å²) in [5, 5.41) is 0. The van der Waals surface area contributed by atoms with Crippen molar-refractivity contribution >= 4 is 5.91 Å². The van der Waals surface area contributed by atoms with Crippen LogP contribution in [0.3, 0.4) is 0 Å². The molecule has 1 atom stereocenters. The first-order valence-electron chi connectivity index (χ1n) is 5.59. The van der Waals surface area contributed by atoms with Crippen molar-refractivity contribution in [2.24, 2.45) is 5.73 Å². The Labute approximate surface area is 97.2 Å². The highest BCUT2D eigenvalue weighted by molar-refractivity contribution is 5.81. The van der Waals surface area contributed by atoms with E-state index in [2.05, 4.69) is 19.1 Å². The summed E-state index contributed by atoms with van der Waals surface area (Å²) in [4.78, 5) is 13.1. The third-order valence-electron chi connectivity index (χ3n) is 2.64. The summed E-state index contributed by atoms with van der Waals surface area (Å²) in [5.41, 5.74) is 8.24. The molecule has 0 aliphatic carbocycles. The van der Waals surface area contributed by atoms with Gasteiger partial charge in [0.15, 0.2) is 0 Å². The molecule has 0 fully saturated rings. The van der Waals surface area contributed by atoms with E-state index in [0.717, 1.165) is 12.0 Å². The van der Waals surface area contributed by atoms with Crippen LogP contribution in [0.15, 0.2) is 24.3 Å². The summed E-state index contributed by atoms with van der Waals surface area (Å²) >= 11 is 0. The summed E-state index contributed by atoms with van der Waals surface area (Å²) in [6.07, 6.45) is 1.63. The number of nitrogens with zero attached hydrogens (tertiary/aromatic N) is 1. The van der Waals surface area contributed by atoms with Gasteiger partial charge in [-0.1, -0.05) is 31.2 Å². The molecule has 2 N–H and O–H groups in total. The number of likely N-dealkylation sites (N-methyl/N-ethyl adjacent to an activating group) is 1. The number of amides is 1. The molecular weight excluding hydrogens is 200 g/mol. The molecule has 1 unspecified atom stereocenters. The average Bonchev–Trinajstić information content (AvgIpc) is 2.28. The van der Waals surface area contributed by atoms with Crippen LogP contribution in [0.2, 0.25) is 0 Å². The van der Waals surface area contributed by atoms with Crippen molar-refractivity contribution in [1.29, 1.82) is 0 Å². The molecule has 0 radical (unpaired) electrons. The lowest BCUT2D eigenvalue weighted by Crippen LogP contribution is -2.41. The van der Waals surface area contributed by atoms with E-state index in [1.807, 2.05) is 12.1 Å². The molecule has 0 saturated heterocycles. The zero-order valence-corrected chi connectivity index (χ0v) is 10.2. The maximum Gasteiger partial charge on any atom is 0.239 e. The Morgan fingerprint density at radius 1 is 1.25 bits per heavy atom. The van der Waals surface area contributed by atoms with E-state index in [1.165, 1.54) is 10.5 Å². The maximum absolute atomic E-state index is 11.6. The van der Waals surface area contributed by atoms with E-state index >= 15 is 0 Å². The molecule has 1 aromatic carbocycles. The molecule has 1 rings (SSSR count). The molecule has 0 heterocycles. The summed E-state index contributed by atoms with van der Waals surface area (Å²) in [6, 6.07) is 7.82. The van der Waals surface area contributed by atoms with Crippen molar-refractivity contribution in [1.82, 2.24) is 4.90 Å². The molecule has 1 aromatic rings. The van der Waals surface area contributed by atoms with Crippen LogP contribution in [0, 0.1) is 0 Å². The second-order valence-corrected chi connectivity index (χ2v) is 4.21. The van der Waals surface area contributed by atoms with Crippen molar-refractivity contribution < 1.29 is 4.79 Å². The van der Waals surface area contributed by atoms with Crippen molar-refractivity contribution in [2.75, 3.05) is 14.1 Å². The van der Waals surface area contributed by atoms with E-state index < -0.39 is 6.04 Å². The van der Waals surface area contributed by atoms with E-state index in [-0.39, 0.29) is 5.91 Å². The number of hydrogen-bond donors (Lipinski definition) is 1. The first kappa shape index (κ1) is 12.7. The maximum atomic E-state index is 11.6. The fraction of sp³-hybridized carbons (Fsp3) is 0.462. The Morgan fingerprint density at radius 2 is 1.75 bits per heavy atom. The van der Waals surface area contributed by atoms with Crippen LogP contribution in [0.4, 0.5) is 0 Å². The highest BCUT2D eigenvalue weighted by atomic mass is 16.2. The molecule has 0 aliphatic heterocycles. The second-order valence-electron chi connectivity index (χ2n) is 4.21. The van der Waals surface area contributed by atoms with Gasteiger partial charge in [0.25, 0.3) is 0 Å². The number of rotatable bonds is 4. The fourth-order valence-corrected chi connectivity index (χ4v) is 1.58. The van der Waals surface area contributed by atoms with Crippen molar-refractivity contribution in [2.45, 2.75) is 25.8 Å². The monoisotopic (exact) mass is 220 g/mol. The Morgan fingerprint density at radius 3 is 2.19 bits per heavy atom. The van der Waals surface area contributed by atoms with Crippen LogP contribution in [0.1, 0.15) is 18.1 Å². The third-order valence-corrected chi connectivity index (χ3v) is 2.64. The van der Waals surface area contributed by atoms with Crippen LogP contribution >= 0.6 is 0 Å². The lowest BCUT2D eigenvalue weighted by Gasteiger charge is -2.16. The van der Waals surface area contributed by atoms with Gasteiger partial charge in [-0.3, -0.25) is 4.79 Å². The average molecular weight is 220 g/mol. The minimum Gasteiger partial charge on any atom is -0.347 e. The predicted molar refractivity (Wildman–Crippen MR) is 66.2 cm³/mol. The van der Waals surface area contributed by atoms with Gasteiger partial charge in [-0.05, 0) is 24.0 Å². The van der Waals surface area contributed by atoms with E-state index in [9.17, 15) is 4.79 Å². The molecule has 0 aliphatic rings. The highest BCUT2D eigenvalue weighted by Crippen LogP contribution is 2.07. The minimum atomic E-state index is -0.442. The van der Waals surface area contributed by atoms with Crippen molar-refractivity contribution in [3.63, 3.8) is 0 Å². The molecule has 3 nitrogen and oxygen atoms in total. The van der Waals surface area contributed by atoms with E-state index in [4.69, 9.17) is 5.73 Å². The molecule has 1 amide bonds. The van der Waals surface area contributed by atoms with Crippen LogP contribution in [-0.4, -0.2) is 30.9 Å². The Balaban J connectivity index is 2.62. The Bertz CT molecular complexity index is 343. The number of carbonyl (C=O) groups excluding carboxylic acids is 1. The molecule has 88 valence electrons. The van der Waals surface area contributed by atoms with Gasteiger partial charge in [0.1, 0.15) is 0 Å². The second kappa shape index (κ2) is 5.66. The molecule has 0 saturated carbocycles. The lowest BCUT2D eigenvalue weighted by molar-refractivity contribution is -0.130. The third kappa shape index (κ3) is 3.35. The number of nitrogens with two attached hydrogens (primary N) is 1. The molecular formula is C13H20N2O. The van der Waals surface area contributed by atoms with Gasteiger partial charge in [0.2, 0.25) is 5.91 Å². The quantitative estimate of drug-likeness (QED) is 0.829. The number of aryl methyl sites for hydroxylation is 1. The topological polar surface area (TPSA) is 46.3 Å². The van der Waals surface area contributed by atoms with Gasteiger partial charge in [0, 0.05) is 14.1 Å². The summed E-state index contributed by atoms with van der Waals surface area (Å²) < 4.78 is 0. The highest BCUT2D eigenvalue weighted by Gasteiger charge is 2.15. The van der Waals surface area contributed by atoms with Gasteiger partial charge in [-0.15, -0.1) is 0 Å². The molecule has 0 bridgehead atoms. The van der Waals surface area contributed by atoms with Crippen molar-refractivity contribution in [3.05, 3.63) is 35.4 Å². The zero-order chi connectivity index (χ0) is 12.1. The first-order chi connectivity index (χ1) is 7.54. The molecule has 16 heavy (non-hydrogen) atoms. The SMILES string of the molecule is CCc1ccc(CC(N)C(=O)N(C)C)cc1. The summed E-state index contributed by atoms with van der Waals surface area (Å²) in [6.45, 7) is 2.12. The largest absolute Gasteiger partial charge is 0.347 e. The van der Waals surface area contributed by atoms with Crippen LogP contribution in [-0.2, 0) is 17.6 Å². The molecule has 3 heteroatoms. The molecule has 0 aromatic heterocycles. The van der Waals surface area contributed by atoms with E-state index in [0.29, 0.717) is 6.42 Å². The van der Waals surface area contributed by atoms with Gasteiger partial charge in [-0.25, -0.2) is 0 Å². The summed E-state index contributed by atoms with van der Waals surface area (Å²) in [5.74, 6) is -0.0282. The van der Waals surface area contributed by atoms with E-state index in [1.54, 1.807) is 14.1 Å². The van der Waals surface area contributed by atoms with Gasteiger partial charge < -0.3 is 10.6 Å². The first-order valence-corrected chi connectivity index (χ1v) is 5.59. The Kier molecular flexibility index (Phi) is 4.50. The van der Waals surface area contributed by atoms with Gasteiger partial charge in [0.05, 0.1) is 6.04 Å². The smallest absolute Gasteiger partial charge is 0.239 e. The van der Waals surface area contributed by atoms with Gasteiger partial charge in [-0.2, -0.15) is 0 Å². The van der Waals surface area contributed by atoms with Crippen LogP contribution in [0.25, 0.3) is 0 Å². The Hall–Kier alpha value is -1.35. The molecule has 0 spiro atoms. The standard InChI is InChI=1S/C13H20N2O/c1-4-10-5-7-11(8-6-10)9-12(14)13(16)15(2)3/h5-8,12H,4,9,14H2,1-3H3. The lowest BCUT2D eigenvalue weighted by atomic mass is 10.0. The minimum absolute atomic E-state index is 0.0282. The van der Waals surface area contributed by atoms with Crippen LogP contribution in [0.5, 0.6) is 0 Å². The predicted octanol–water partition coefficient (Wildman–Crippen LogP) is 1.21. The zero-order valence-electron chi connectivity index (χ0n) is 10.2. The normalized spacial score (nSPS) is 12.2. The number of benzene rings is 1.